The van der Waals surface area contributed by atoms with Crippen molar-refractivity contribution in [3.05, 3.63) is 20.8 Å². The van der Waals surface area contributed by atoms with Gasteiger partial charge in [0.1, 0.15) is 0 Å². The minimum Gasteiger partial charge on any atom is -0.355 e. The maximum Gasteiger partial charge on any atom is 0.224 e. The van der Waals surface area contributed by atoms with E-state index in [1.165, 1.54) is 4.88 Å². The van der Waals surface area contributed by atoms with Crippen molar-refractivity contribution in [3.8, 4) is 0 Å². The van der Waals surface area contributed by atoms with E-state index in [2.05, 4.69) is 27.3 Å². The Morgan fingerprint density at radius 2 is 2.47 bits per heavy atom. The molecular formula is C10H15BrN2OS. The number of carbonyl (C=O) groups excluding carboxylic acids is 1. The first-order valence-electron chi connectivity index (χ1n) is 4.84. The lowest BCUT2D eigenvalue weighted by Gasteiger charge is -2.08. The van der Waals surface area contributed by atoms with E-state index < -0.39 is 0 Å². The average Bonchev–Trinajstić information content (AvgIpc) is 2.63. The van der Waals surface area contributed by atoms with Gasteiger partial charge in [-0.1, -0.05) is 6.92 Å². The molecule has 5 heteroatoms. The van der Waals surface area contributed by atoms with Crippen molar-refractivity contribution in [2.45, 2.75) is 13.3 Å². The van der Waals surface area contributed by atoms with Crippen LogP contribution in [0.2, 0.25) is 0 Å². The molecule has 0 saturated heterocycles. The van der Waals surface area contributed by atoms with Crippen LogP contribution in [0.4, 0.5) is 0 Å². The van der Waals surface area contributed by atoms with Gasteiger partial charge in [0, 0.05) is 33.7 Å². The molecule has 0 radical (unpaired) electrons. The minimum atomic E-state index is -0.0972. The van der Waals surface area contributed by atoms with Gasteiger partial charge in [-0.2, -0.15) is 0 Å². The summed E-state index contributed by atoms with van der Waals surface area (Å²) in [7, 11) is 0. The Bertz CT molecular complexity index is 327. The molecule has 15 heavy (non-hydrogen) atoms. The Labute approximate surface area is 102 Å². The van der Waals surface area contributed by atoms with Crippen LogP contribution in [-0.4, -0.2) is 19.0 Å². The van der Waals surface area contributed by atoms with Crippen LogP contribution in [0.15, 0.2) is 15.9 Å². The molecule has 3 N–H and O–H groups in total. The molecule has 1 heterocycles. The predicted octanol–water partition coefficient (Wildman–Crippen LogP) is 1.76. The molecule has 0 bridgehead atoms. The Hall–Kier alpha value is -0.390. The number of nitrogens with two attached hydrogens (primary N) is 1. The fraction of sp³-hybridized carbons (Fsp3) is 0.500. The second kappa shape index (κ2) is 6.25. The number of amides is 1. The Morgan fingerprint density at radius 3 is 3.00 bits per heavy atom. The molecule has 84 valence electrons. The molecule has 1 atom stereocenters. The fourth-order valence-electron chi connectivity index (χ4n) is 1.08. The van der Waals surface area contributed by atoms with Crippen LogP contribution in [-0.2, 0) is 11.2 Å². The molecule has 0 saturated carbocycles. The molecule has 0 aromatic carbocycles. The smallest absolute Gasteiger partial charge is 0.224 e. The number of hydrogen-bond acceptors (Lipinski definition) is 3. The zero-order valence-electron chi connectivity index (χ0n) is 8.63. The molecule has 1 unspecified atom stereocenters. The third-order valence-electron chi connectivity index (χ3n) is 2.09. The van der Waals surface area contributed by atoms with E-state index >= 15 is 0 Å². The van der Waals surface area contributed by atoms with Crippen LogP contribution in [0, 0.1) is 5.92 Å². The van der Waals surface area contributed by atoms with Crippen molar-refractivity contribution in [1.29, 1.82) is 0 Å². The number of nitrogens with one attached hydrogen (secondary N) is 1. The Balaban J connectivity index is 2.24. The first kappa shape index (κ1) is 12.7. The first-order valence-corrected chi connectivity index (χ1v) is 6.51. The molecule has 1 rings (SSSR count). The summed E-state index contributed by atoms with van der Waals surface area (Å²) in [6, 6.07) is 2.07. The van der Waals surface area contributed by atoms with E-state index in [1.54, 1.807) is 11.3 Å². The van der Waals surface area contributed by atoms with Gasteiger partial charge in [-0.15, -0.1) is 11.3 Å². The van der Waals surface area contributed by atoms with Gasteiger partial charge in [-0.25, -0.2) is 0 Å². The fourth-order valence-corrected chi connectivity index (χ4v) is 2.53. The second-order valence-corrected chi connectivity index (χ2v) is 5.32. The highest BCUT2D eigenvalue weighted by molar-refractivity contribution is 9.10. The van der Waals surface area contributed by atoms with E-state index in [0.717, 1.165) is 10.9 Å². The summed E-state index contributed by atoms with van der Waals surface area (Å²) in [6.07, 6.45) is 0.874. The molecule has 0 aliphatic rings. The summed E-state index contributed by atoms with van der Waals surface area (Å²) in [4.78, 5) is 12.6. The summed E-state index contributed by atoms with van der Waals surface area (Å²) in [5.41, 5.74) is 5.39. The van der Waals surface area contributed by atoms with Gasteiger partial charge in [0.15, 0.2) is 0 Å². The monoisotopic (exact) mass is 290 g/mol. The summed E-state index contributed by atoms with van der Waals surface area (Å²) in [6.45, 7) is 2.91. The predicted molar refractivity (Wildman–Crippen MR) is 67.0 cm³/mol. The molecule has 1 aromatic heterocycles. The maximum absolute atomic E-state index is 11.4. The van der Waals surface area contributed by atoms with Crippen molar-refractivity contribution in [1.82, 2.24) is 5.32 Å². The van der Waals surface area contributed by atoms with Crippen LogP contribution in [0.25, 0.3) is 0 Å². The quantitative estimate of drug-likeness (QED) is 0.868. The zero-order valence-corrected chi connectivity index (χ0v) is 11.0. The van der Waals surface area contributed by atoms with Gasteiger partial charge in [0.05, 0.1) is 0 Å². The number of halogens is 1. The number of rotatable bonds is 5. The molecule has 1 amide bonds. The third kappa shape index (κ3) is 4.32. The maximum atomic E-state index is 11.4. The number of hydrogen-bond donors (Lipinski definition) is 2. The first-order chi connectivity index (χ1) is 7.13. The van der Waals surface area contributed by atoms with E-state index in [0.29, 0.717) is 13.1 Å². The lowest BCUT2D eigenvalue weighted by atomic mass is 10.1. The molecule has 3 nitrogen and oxygen atoms in total. The van der Waals surface area contributed by atoms with Gasteiger partial charge in [0.2, 0.25) is 5.91 Å². The van der Waals surface area contributed by atoms with Crippen LogP contribution in [0.3, 0.4) is 0 Å². The molecule has 0 spiro atoms. The molecule has 0 aliphatic carbocycles. The molecular weight excluding hydrogens is 276 g/mol. The van der Waals surface area contributed by atoms with Gasteiger partial charge in [-0.05, 0) is 28.4 Å². The average molecular weight is 291 g/mol. The normalized spacial score (nSPS) is 12.5. The van der Waals surface area contributed by atoms with Crippen LogP contribution >= 0.6 is 27.3 Å². The topological polar surface area (TPSA) is 55.1 Å². The highest BCUT2D eigenvalue weighted by atomic mass is 79.9. The van der Waals surface area contributed by atoms with Crippen molar-refractivity contribution < 1.29 is 4.79 Å². The second-order valence-electron chi connectivity index (χ2n) is 3.41. The van der Waals surface area contributed by atoms with Crippen LogP contribution in [0.1, 0.15) is 11.8 Å². The SMILES string of the molecule is CC(CN)C(=O)NCCc1cc(Br)cs1. The Kier molecular flexibility index (Phi) is 5.28. The zero-order chi connectivity index (χ0) is 11.3. The van der Waals surface area contributed by atoms with Crippen molar-refractivity contribution in [2.75, 3.05) is 13.1 Å². The summed E-state index contributed by atoms with van der Waals surface area (Å²) >= 11 is 5.09. The summed E-state index contributed by atoms with van der Waals surface area (Å²) in [5.74, 6) is -0.0619. The Morgan fingerprint density at radius 1 is 1.73 bits per heavy atom. The summed E-state index contributed by atoms with van der Waals surface area (Å²) in [5, 5.41) is 4.90. The third-order valence-corrected chi connectivity index (χ3v) is 3.85. The lowest BCUT2D eigenvalue weighted by Crippen LogP contribution is -2.34. The highest BCUT2D eigenvalue weighted by Crippen LogP contribution is 2.19. The largest absolute Gasteiger partial charge is 0.355 e. The van der Waals surface area contributed by atoms with Crippen molar-refractivity contribution in [3.63, 3.8) is 0 Å². The molecule has 1 aromatic rings. The molecule has 0 fully saturated rings. The highest BCUT2D eigenvalue weighted by Gasteiger charge is 2.09. The van der Waals surface area contributed by atoms with E-state index in [-0.39, 0.29) is 11.8 Å². The minimum absolute atomic E-state index is 0.0353. The summed E-state index contributed by atoms with van der Waals surface area (Å²) < 4.78 is 1.10. The lowest BCUT2D eigenvalue weighted by molar-refractivity contribution is -0.124. The van der Waals surface area contributed by atoms with Gasteiger partial charge < -0.3 is 11.1 Å². The number of thiophene rings is 1. The van der Waals surface area contributed by atoms with Gasteiger partial charge in [-0.3, -0.25) is 4.79 Å². The van der Waals surface area contributed by atoms with Crippen molar-refractivity contribution in [2.24, 2.45) is 11.7 Å². The van der Waals surface area contributed by atoms with Crippen molar-refractivity contribution >= 4 is 33.2 Å². The van der Waals surface area contributed by atoms with Crippen LogP contribution < -0.4 is 11.1 Å². The van der Waals surface area contributed by atoms with Crippen LogP contribution in [0.5, 0.6) is 0 Å². The number of carbonyl (C=O) groups is 1. The van der Waals surface area contributed by atoms with E-state index in [9.17, 15) is 4.79 Å². The molecule has 0 aliphatic heterocycles. The van der Waals surface area contributed by atoms with E-state index in [1.807, 2.05) is 12.3 Å². The standard InChI is InChI=1S/C10H15BrN2OS/c1-7(5-12)10(14)13-3-2-9-4-8(11)6-15-9/h4,6-7H,2-3,5,12H2,1H3,(H,13,14). The van der Waals surface area contributed by atoms with Gasteiger partial charge >= 0.3 is 0 Å². The van der Waals surface area contributed by atoms with Gasteiger partial charge in [0.25, 0.3) is 0 Å². The van der Waals surface area contributed by atoms with E-state index in [4.69, 9.17) is 5.73 Å².